The van der Waals surface area contributed by atoms with Crippen molar-refractivity contribution in [3.8, 4) is 17.1 Å². The number of H-pyrrole nitrogens is 1. The molecule has 1 aromatic heterocycles. The van der Waals surface area contributed by atoms with Crippen molar-refractivity contribution in [3.63, 3.8) is 0 Å². The smallest absolute Gasteiger partial charge is 0.237 e. The average Bonchev–Trinajstić information content (AvgIpc) is 3.10. The molecule has 1 atom stereocenters. The highest BCUT2D eigenvalue weighted by Gasteiger charge is 2.19. The van der Waals surface area contributed by atoms with Gasteiger partial charge in [-0.15, -0.1) is 5.10 Å². The largest absolute Gasteiger partial charge is 0.496 e. The van der Waals surface area contributed by atoms with Gasteiger partial charge >= 0.3 is 0 Å². The van der Waals surface area contributed by atoms with E-state index >= 15 is 0 Å². The second-order valence-electron chi connectivity index (χ2n) is 5.93. The summed E-state index contributed by atoms with van der Waals surface area (Å²) >= 11 is 7.34. The topological polar surface area (TPSA) is 79.9 Å². The number of aromatic amines is 1. The number of anilines is 1. The Labute approximate surface area is 166 Å². The van der Waals surface area contributed by atoms with E-state index in [0.29, 0.717) is 27.3 Å². The van der Waals surface area contributed by atoms with Gasteiger partial charge in [-0.25, -0.2) is 4.98 Å². The molecule has 2 N–H and O–H groups in total. The highest BCUT2D eigenvalue weighted by molar-refractivity contribution is 8.00. The van der Waals surface area contributed by atoms with Crippen LogP contribution in [-0.2, 0) is 4.79 Å². The minimum Gasteiger partial charge on any atom is -0.496 e. The van der Waals surface area contributed by atoms with Crippen LogP contribution in [0.25, 0.3) is 11.4 Å². The molecule has 140 valence electrons. The zero-order valence-corrected chi connectivity index (χ0v) is 16.7. The van der Waals surface area contributed by atoms with Crippen LogP contribution < -0.4 is 10.1 Å². The number of hydrogen-bond donors (Lipinski definition) is 2. The Morgan fingerprint density at radius 2 is 2.11 bits per heavy atom. The summed E-state index contributed by atoms with van der Waals surface area (Å²) in [4.78, 5) is 16.9. The Bertz CT molecular complexity index is 960. The van der Waals surface area contributed by atoms with Crippen LogP contribution in [0, 0.1) is 6.92 Å². The number of halogens is 1. The molecule has 1 amide bonds. The molecule has 0 bridgehead atoms. The number of methoxy groups -OCH3 is 1. The number of rotatable bonds is 6. The Morgan fingerprint density at radius 3 is 2.85 bits per heavy atom. The summed E-state index contributed by atoms with van der Waals surface area (Å²) in [5.41, 5.74) is 2.56. The van der Waals surface area contributed by atoms with Crippen molar-refractivity contribution in [2.75, 3.05) is 12.4 Å². The minimum absolute atomic E-state index is 0.114. The van der Waals surface area contributed by atoms with E-state index in [1.807, 2.05) is 38.1 Å². The van der Waals surface area contributed by atoms with Gasteiger partial charge in [0.15, 0.2) is 5.82 Å². The maximum Gasteiger partial charge on any atom is 0.237 e. The molecule has 6 nitrogen and oxygen atoms in total. The van der Waals surface area contributed by atoms with Crippen LogP contribution in [0.2, 0.25) is 5.02 Å². The first-order chi connectivity index (χ1) is 13.0. The van der Waals surface area contributed by atoms with E-state index < -0.39 is 0 Å². The number of aryl methyl sites for hydroxylation is 1. The van der Waals surface area contributed by atoms with Crippen molar-refractivity contribution >= 4 is 35.0 Å². The number of nitrogens with zero attached hydrogens (tertiary/aromatic N) is 2. The number of hydrogen-bond acceptors (Lipinski definition) is 5. The van der Waals surface area contributed by atoms with E-state index in [1.54, 1.807) is 25.3 Å². The van der Waals surface area contributed by atoms with Crippen LogP contribution in [0.5, 0.6) is 5.75 Å². The number of nitrogens with one attached hydrogen (secondary N) is 2. The molecule has 1 unspecified atom stereocenters. The van der Waals surface area contributed by atoms with Crippen LogP contribution in [0.15, 0.2) is 47.6 Å². The molecule has 0 saturated carbocycles. The predicted molar refractivity (Wildman–Crippen MR) is 109 cm³/mol. The average molecular weight is 403 g/mol. The number of benzene rings is 2. The molecule has 0 saturated heterocycles. The fourth-order valence-corrected chi connectivity index (χ4v) is 3.36. The number of amides is 1. The van der Waals surface area contributed by atoms with Crippen LogP contribution in [0.3, 0.4) is 0 Å². The Hall–Kier alpha value is -2.51. The number of carbonyl (C=O) groups is 1. The van der Waals surface area contributed by atoms with Gasteiger partial charge in [0.25, 0.3) is 0 Å². The number of carbonyl (C=O) groups excluding carboxylic acids is 1. The second-order valence-corrected chi connectivity index (χ2v) is 7.67. The molecule has 0 radical (unpaired) electrons. The molecule has 3 rings (SSSR count). The molecule has 0 fully saturated rings. The Morgan fingerprint density at radius 1 is 1.30 bits per heavy atom. The zero-order chi connectivity index (χ0) is 19.4. The van der Waals surface area contributed by atoms with Gasteiger partial charge in [-0.1, -0.05) is 35.5 Å². The van der Waals surface area contributed by atoms with Crippen LogP contribution in [0.4, 0.5) is 5.69 Å². The summed E-state index contributed by atoms with van der Waals surface area (Å²) in [7, 11) is 1.58. The lowest BCUT2D eigenvalue weighted by atomic mass is 10.2. The summed E-state index contributed by atoms with van der Waals surface area (Å²) in [5, 5.41) is 10.6. The van der Waals surface area contributed by atoms with Crippen molar-refractivity contribution in [2.45, 2.75) is 24.3 Å². The maximum atomic E-state index is 12.4. The third-order valence-corrected chi connectivity index (χ3v) is 5.01. The first-order valence-corrected chi connectivity index (χ1v) is 9.52. The van der Waals surface area contributed by atoms with E-state index in [4.69, 9.17) is 16.3 Å². The molecule has 3 aromatic rings. The molecular weight excluding hydrogens is 384 g/mol. The summed E-state index contributed by atoms with van der Waals surface area (Å²) in [6.45, 7) is 3.79. The summed E-state index contributed by atoms with van der Waals surface area (Å²) in [6, 6.07) is 12.9. The SMILES string of the molecule is COc1ccc(Cl)cc1-c1nc(SC(C)C(=O)Nc2cccc(C)c2)n[nH]1. The first kappa shape index (κ1) is 19.3. The normalized spacial score (nSPS) is 11.9. The van der Waals surface area contributed by atoms with Crippen molar-refractivity contribution in [3.05, 3.63) is 53.1 Å². The molecular formula is C19H19ClN4O2S. The highest BCUT2D eigenvalue weighted by Crippen LogP contribution is 2.31. The maximum absolute atomic E-state index is 12.4. The fraction of sp³-hybridized carbons (Fsp3) is 0.211. The van der Waals surface area contributed by atoms with Crippen molar-refractivity contribution in [1.82, 2.24) is 15.2 Å². The number of aromatic nitrogens is 3. The van der Waals surface area contributed by atoms with Gasteiger partial charge in [0.05, 0.1) is 17.9 Å². The summed E-state index contributed by atoms with van der Waals surface area (Å²) < 4.78 is 5.34. The van der Waals surface area contributed by atoms with E-state index in [9.17, 15) is 4.79 Å². The third kappa shape index (κ3) is 4.81. The van der Waals surface area contributed by atoms with Gasteiger partial charge in [-0.2, -0.15) is 0 Å². The molecule has 8 heteroatoms. The number of thioether (sulfide) groups is 1. The lowest BCUT2D eigenvalue weighted by Crippen LogP contribution is -2.22. The van der Waals surface area contributed by atoms with Gasteiger partial charge in [0.2, 0.25) is 11.1 Å². The van der Waals surface area contributed by atoms with E-state index in [2.05, 4.69) is 20.5 Å². The van der Waals surface area contributed by atoms with Crippen LogP contribution >= 0.6 is 23.4 Å². The molecule has 0 aliphatic carbocycles. The molecule has 0 spiro atoms. The monoisotopic (exact) mass is 402 g/mol. The van der Waals surface area contributed by atoms with Gasteiger partial charge in [-0.05, 0) is 49.7 Å². The van der Waals surface area contributed by atoms with Gasteiger partial charge < -0.3 is 10.1 Å². The van der Waals surface area contributed by atoms with Gasteiger partial charge in [0, 0.05) is 10.7 Å². The lowest BCUT2D eigenvalue weighted by Gasteiger charge is -2.10. The third-order valence-electron chi connectivity index (χ3n) is 3.82. The van der Waals surface area contributed by atoms with Crippen molar-refractivity contribution < 1.29 is 9.53 Å². The van der Waals surface area contributed by atoms with Crippen LogP contribution in [-0.4, -0.2) is 33.4 Å². The minimum atomic E-state index is -0.365. The molecule has 2 aromatic carbocycles. The van der Waals surface area contributed by atoms with E-state index in [-0.39, 0.29) is 11.2 Å². The molecule has 1 heterocycles. The Balaban J connectivity index is 1.70. The summed E-state index contributed by atoms with van der Waals surface area (Å²) in [6.07, 6.45) is 0. The molecule has 0 aliphatic rings. The highest BCUT2D eigenvalue weighted by atomic mass is 35.5. The number of ether oxygens (including phenoxy) is 1. The van der Waals surface area contributed by atoms with Gasteiger partial charge in [0.1, 0.15) is 5.75 Å². The van der Waals surface area contributed by atoms with E-state index in [1.165, 1.54) is 11.8 Å². The van der Waals surface area contributed by atoms with E-state index in [0.717, 1.165) is 11.3 Å². The van der Waals surface area contributed by atoms with Crippen molar-refractivity contribution in [1.29, 1.82) is 0 Å². The van der Waals surface area contributed by atoms with Gasteiger partial charge in [-0.3, -0.25) is 9.89 Å². The first-order valence-electron chi connectivity index (χ1n) is 8.27. The molecule has 0 aliphatic heterocycles. The van der Waals surface area contributed by atoms with Crippen molar-refractivity contribution in [2.24, 2.45) is 0 Å². The lowest BCUT2D eigenvalue weighted by molar-refractivity contribution is -0.115. The Kier molecular flexibility index (Phi) is 6.03. The second kappa shape index (κ2) is 8.45. The quantitative estimate of drug-likeness (QED) is 0.591. The predicted octanol–water partition coefficient (Wildman–Crippen LogP) is 4.56. The molecule has 27 heavy (non-hydrogen) atoms. The standard InChI is InChI=1S/C19H19ClN4O2S/c1-11-5-4-6-14(9-11)21-18(25)12(2)27-19-22-17(23-24-19)15-10-13(20)7-8-16(15)26-3/h4-10,12H,1-3H3,(H,21,25)(H,22,23,24). The fourth-order valence-electron chi connectivity index (χ4n) is 2.46. The summed E-state index contributed by atoms with van der Waals surface area (Å²) in [5.74, 6) is 1.05. The zero-order valence-electron chi connectivity index (χ0n) is 15.1. The van der Waals surface area contributed by atoms with Crippen LogP contribution in [0.1, 0.15) is 12.5 Å².